The summed E-state index contributed by atoms with van der Waals surface area (Å²) in [6, 6.07) is 14.4. The van der Waals surface area contributed by atoms with E-state index in [1.165, 1.54) is 7.11 Å². The van der Waals surface area contributed by atoms with Crippen molar-refractivity contribution in [2.75, 3.05) is 33.5 Å². The highest BCUT2D eigenvalue weighted by molar-refractivity contribution is 6.03. The first kappa shape index (κ1) is 42.7. The predicted octanol–water partition coefficient (Wildman–Crippen LogP) is 7.89. The molecule has 5 rings (SSSR count). The molecule has 6 atom stereocenters. The van der Waals surface area contributed by atoms with Crippen LogP contribution in [0.1, 0.15) is 96.1 Å². The van der Waals surface area contributed by atoms with Gasteiger partial charge in [-0.2, -0.15) is 0 Å². The van der Waals surface area contributed by atoms with Gasteiger partial charge >= 0.3 is 12.2 Å². The Morgan fingerprint density at radius 3 is 2.46 bits per heavy atom. The van der Waals surface area contributed by atoms with Crippen molar-refractivity contribution >= 4 is 17.9 Å². The molecule has 306 valence electrons. The van der Waals surface area contributed by atoms with E-state index in [0.29, 0.717) is 49.6 Å². The van der Waals surface area contributed by atoms with Crippen molar-refractivity contribution in [2.45, 2.75) is 109 Å². The number of allylic oxidation sites excluding steroid dienone is 1. The first-order valence-electron chi connectivity index (χ1n) is 20.1. The summed E-state index contributed by atoms with van der Waals surface area (Å²) < 4.78 is 25.4. The van der Waals surface area contributed by atoms with Gasteiger partial charge < -0.3 is 39.3 Å². The maximum Gasteiger partial charge on any atom is 0.412 e. The number of aliphatic hydroxyl groups excluding tert-OH is 2. The standard InChI is InChI=1S/C44H61N3O9/c1-7-22-47(42(51)52-6)38-28-36(46-56-43(3,4)5)34-26-31(18-12-14-23-48)33(19-13-15-24-49)39-35-27-32(54-41(50)45-29-30-16-10-9-11-17-30)20-21-37(35)55-44(38,40(34)39)53-25-8-2/h8-11,16-17,20-21,26-27,31,33,38-40,48-49H,2,7,12-15,18-19,22-25,28-29H2,1,3-6H3,(H,45,50). The Kier molecular flexibility index (Phi) is 15.0. The first-order chi connectivity index (χ1) is 27.0. The van der Waals surface area contributed by atoms with Crippen LogP contribution in [0.4, 0.5) is 9.59 Å². The number of hydrogen-bond donors (Lipinski definition) is 3. The number of aliphatic hydroxyl groups is 2. The van der Waals surface area contributed by atoms with Gasteiger partial charge in [0, 0.05) is 44.2 Å². The second kappa shape index (κ2) is 19.7. The molecule has 0 spiro atoms. The van der Waals surface area contributed by atoms with Crippen molar-refractivity contribution in [3.8, 4) is 11.5 Å². The summed E-state index contributed by atoms with van der Waals surface area (Å²) in [5, 5.41) is 27.4. The van der Waals surface area contributed by atoms with E-state index >= 15 is 0 Å². The Bertz CT molecular complexity index is 1690. The SMILES string of the molecule is C=CCOC12Oc3ccc(OC(=O)NCc4ccccc4)cc3C3C(CCCCO)C(CCCCO)C=C(C(=NOC(C)(C)C)CC1N(CCC)C(=O)OC)C32. The molecule has 0 saturated heterocycles. The monoisotopic (exact) mass is 775 g/mol. The van der Waals surface area contributed by atoms with E-state index in [9.17, 15) is 19.8 Å². The predicted molar refractivity (Wildman–Crippen MR) is 215 cm³/mol. The Hall–Kier alpha value is -4.39. The quantitative estimate of drug-likeness (QED) is 0.0781. The third-order valence-electron chi connectivity index (χ3n) is 10.8. The molecule has 1 aliphatic heterocycles. The van der Waals surface area contributed by atoms with Crippen molar-refractivity contribution in [3.05, 3.63) is 84.0 Å². The molecule has 1 fully saturated rings. The van der Waals surface area contributed by atoms with Gasteiger partial charge in [0.1, 0.15) is 23.1 Å². The minimum Gasteiger partial charge on any atom is -0.459 e. The zero-order chi connectivity index (χ0) is 40.3. The number of nitrogens with zero attached hydrogens (tertiary/aromatic N) is 2. The smallest absolute Gasteiger partial charge is 0.412 e. The average molecular weight is 776 g/mol. The minimum absolute atomic E-state index is 0.0202. The van der Waals surface area contributed by atoms with Gasteiger partial charge in [0.05, 0.1) is 25.3 Å². The molecule has 12 nitrogen and oxygen atoms in total. The fourth-order valence-corrected chi connectivity index (χ4v) is 8.55. The number of carbonyl (C=O) groups is 2. The van der Waals surface area contributed by atoms with E-state index < -0.39 is 35.5 Å². The molecule has 2 aliphatic carbocycles. The van der Waals surface area contributed by atoms with Crippen molar-refractivity contribution in [1.29, 1.82) is 0 Å². The lowest BCUT2D eigenvalue weighted by atomic mass is 9.55. The maximum atomic E-state index is 13.7. The van der Waals surface area contributed by atoms with Gasteiger partial charge in [-0.3, -0.25) is 4.90 Å². The third kappa shape index (κ3) is 9.94. The molecule has 0 aromatic heterocycles. The number of ether oxygens (including phenoxy) is 4. The Morgan fingerprint density at radius 2 is 1.80 bits per heavy atom. The summed E-state index contributed by atoms with van der Waals surface area (Å²) >= 11 is 0. The molecule has 0 bridgehead atoms. The number of rotatable bonds is 18. The third-order valence-corrected chi connectivity index (χ3v) is 10.8. The zero-order valence-electron chi connectivity index (χ0n) is 33.7. The van der Waals surface area contributed by atoms with E-state index in [4.69, 9.17) is 28.9 Å². The number of amides is 2. The number of carbonyl (C=O) groups excluding carboxylic acids is 2. The number of fused-ring (bicyclic) bond motifs is 2. The van der Waals surface area contributed by atoms with E-state index in [0.717, 1.165) is 42.4 Å². The second-order valence-electron chi connectivity index (χ2n) is 15.9. The van der Waals surface area contributed by atoms with Gasteiger partial charge in [0.25, 0.3) is 0 Å². The minimum atomic E-state index is -1.40. The highest BCUT2D eigenvalue weighted by Crippen LogP contribution is 2.62. The number of nitrogens with one attached hydrogen (secondary N) is 1. The summed E-state index contributed by atoms with van der Waals surface area (Å²) in [5.41, 5.74) is 2.83. The Labute approximate surface area is 331 Å². The number of benzene rings is 2. The zero-order valence-corrected chi connectivity index (χ0v) is 33.7. The van der Waals surface area contributed by atoms with Gasteiger partial charge in [0.15, 0.2) is 0 Å². The summed E-state index contributed by atoms with van der Waals surface area (Å²) in [6.45, 7) is 12.8. The van der Waals surface area contributed by atoms with Crippen molar-refractivity contribution in [2.24, 2.45) is 22.9 Å². The first-order valence-corrected chi connectivity index (χ1v) is 20.1. The molecule has 6 unspecified atom stereocenters. The van der Waals surface area contributed by atoms with Crippen molar-refractivity contribution in [3.63, 3.8) is 0 Å². The number of unbranched alkanes of at least 4 members (excludes halogenated alkanes) is 2. The molecular formula is C44H61N3O9. The van der Waals surface area contributed by atoms with Crippen LogP contribution in [0.5, 0.6) is 11.5 Å². The lowest BCUT2D eigenvalue weighted by Gasteiger charge is -2.59. The molecule has 2 aromatic rings. The molecule has 56 heavy (non-hydrogen) atoms. The summed E-state index contributed by atoms with van der Waals surface area (Å²) in [7, 11) is 1.38. The summed E-state index contributed by atoms with van der Waals surface area (Å²) in [5.74, 6) is -1.15. The average Bonchev–Trinajstić information content (AvgIpc) is 3.19. The number of oxime groups is 1. The molecule has 12 heteroatoms. The van der Waals surface area contributed by atoms with Gasteiger partial charge in [-0.25, -0.2) is 9.59 Å². The highest BCUT2D eigenvalue weighted by atomic mass is 16.7. The van der Waals surface area contributed by atoms with Gasteiger partial charge in [-0.1, -0.05) is 67.4 Å². The fourth-order valence-electron chi connectivity index (χ4n) is 8.55. The molecule has 1 heterocycles. The molecule has 2 aromatic carbocycles. The number of hydrogen-bond acceptors (Lipinski definition) is 10. The Morgan fingerprint density at radius 1 is 1.07 bits per heavy atom. The van der Waals surface area contributed by atoms with E-state index in [1.807, 2.05) is 70.2 Å². The summed E-state index contributed by atoms with van der Waals surface area (Å²) in [6.07, 6.45) is 8.31. The molecule has 3 aliphatic rings. The van der Waals surface area contributed by atoms with Crippen LogP contribution >= 0.6 is 0 Å². The van der Waals surface area contributed by atoms with Crippen LogP contribution in [0.3, 0.4) is 0 Å². The molecule has 1 saturated carbocycles. The van der Waals surface area contributed by atoms with Crippen LogP contribution in [-0.4, -0.2) is 83.9 Å². The molecule has 0 radical (unpaired) electrons. The Balaban J connectivity index is 1.72. The number of methoxy groups -OCH3 is 1. The second-order valence-corrected chi connectivity index (χ2v) is 15.9. The molecular weight excluding hydrogens is 714 g/mol. The van der Waals surface area contributed by atoms with E-state index in [-0.39, 0.29) is 44.0 Å². The van der Waals surface area contributed by atoms with Crippen LogP contribution < -0.4 is 14.8 Å². The topological polar surface area (TPSA) is 148 Å². The van der Waals surface area contributed by atoms with Crippen LogP contribution in [0.15, 0.2) is 78.0 Å². The van der Waals surface area contributed by atoms with Gasteiger partial charge in [0.2, 0.25) is 5.79 Å². The lowest BCUT2D eigenvalue weighted by Crippen LogP contribution is -2.70. The van der Waals surface area contributed by atoms with Gasteiger partial charge in [-0.05, 0) is 94.0 Å². The van der Waals surface area contributed by atoms with E-state index in [1.54, 1.807) is 17.0 Å². The van der Waals surface area contributed by atoms with Crippen molar-refractivity contribution in [1.82, 2.24) is 10.2 Å². The van der Waals surface area contributed by atoms with Gasteiger partial charge in [-0.15, -0.1) is 6.58 Å². The van der Waals surface area contributed by atoms with E-state index in [2.05, 4.69) is 18.0 Å². The lowest BCUT2D eigenvalue weighted by molar-refractivity contribution is -0.255. The molecule has 3 N–H and O–H groups in total. The van der Waals surface area contributed by atoms with Crippen LogP contribution in [0.25, 0.3) is 0 Å². The summed E-state index contributed by atoms with van der Waals surface area (Å²) in [4.78, 5) is 34.7. The fraction of sp³-hybridized carbons (Fsp3) is 0.568. The highest BCUT2D eigenvalue weighted by Gasteiger charge is 2.65. The maximum absolute atomic E-state index is 13.7. The van der Waals surface area contributed by atoms with Crippen LogP contribution in [0.2, 0.25) is 0 Å². The largest absolute Gasteiger partial charge is 0.459 e. The normalized spacial score (nSPS) is 24.5. The van der Waals surface area contributed by atoms with Crippen LogP contribution in [0, 0.1) is 17.8 Å². The van der Waals surface area contributed by atoms with Crippen molar-refractivity contribution < 1.29 is 43.6 Å². The van der Waals surface area contributed by atoms with Crippen LogP contribution in [-0.2, 0) is 20.9 Å². The molecule has 2 amide bonds.